The quantitative estimate of drug-likeness (QED) is 0.914. The second-order valence-corrected chi connectivity index (χ2v) is 7.49. The average Bonchev–Trinajstić information content (AvgIpc) is 3.19. The van der Waals surface area contributed by atoms with Gasteiger partial charge in [-0.15, -0.1) is 11.3 Å². The number of thiophene rings is 2. The summed E-state index contributed by atoms with van der Waals surface area (Å²) in [6.07, 6.45) is 0. The Labute approximate surface area is 139 Å². The second kappa shape index (κ2) is 6.91. The first-order valence-corrected chi connectivity index (χ1v) is 9.31. The zero-order chi connectivity index (χ0) is 15.5. The zero-order valence-corrected chi connectivity index (χ0v) is 14.3. The summed E-state index contributed by atoms with van der Waals surface area (Å²) in [5.74, 6) is -0.336. The van der Waals surface area contributed by atoms with Crippen LogP contribution in [0.15, 0.2) is 28.3 Å². The van der Waals surface area contributed by atoms with E-state index in [1.807, 2.05) is 11.4 Å². The zero-order valence-electron chi connectivity index (χ0n) is 12.7. The highest BCUT2D eigenvalue weighted by Gasteiger charge is 2.22. The molecule has 118 valence electrons. The van der Waals surface area contributed by atoms with Gasteiger partial charge in [-0.25, -0.2) is 0 Å². The fraction of sp³-hybridized carbons (Fsp3) is 0.438. The van der Waals surface area contributed by atoms with Crippen molar-refractivity contribution in [2.45, 2.75) is 19.5 Å². The molecule has 2 aromatic rings. The fourth-order valence-electron chi connectivity index (χ4n) is 2.85. The topological polar surface area (TPSA) is 49.6 Å². The van der Waals surface area contributed by atoms with E-state index >= 15 is 0 Å². The summed E-state index contributed by atoms with van der Waals surface area (Å²) in [6, 6.07) is 4.64. The van der Waals surface area contributed by atoms with E-state index in [0.29, 0.717) is 11.6 Å². The lowest BCUT2D eigenvalue weighted by Gasteiger charge is -2.37. The molecule has 3 heterocycles. The molecule has 1 fully saturated rings. The molecule has 0 radical (unpaired) electrons. The van der Waals surface area contributed by atoms with Crippen LogP contribution in [0.25, 0.3) is 0 Å². The van der Waals surface area contributed by atoms with E-state index in [2.05, 4.69) is 33.6 Å². The Hall–Kier alpha value is -1.21. The molecule has 0 aromatic carbocycles. The lowest BCUT2D eigenvalue weighted by Crippen LogP contribution is -2.46. The SMILES string of the molecule is C[C@@H](c1ccsc1)N1CCN(Cc2cc(C(N)=O)cs2)CC1. The normalized spacial score (nSPS) is 18.4. The third-order valence-corrected chi connectivity index (χ3v) is 5.92. The Bertz CT molecular complexity index is 615. The molecule has 0 unspecified atom stereocenters. The Morgan fingerprint density at radius 2 is 2.09 bits per heavy atom. The van der Waals surface area contributed by atoms with Gasteiger partial charge in [0.25, 0.3) is 0 Å². The average molecular weight is 335 g/mol. The van der Waals surface area contributed by atoms with Crippen molar-refractivity contribution in [3.8, 4) is 0 Å². The molecule has 1 aliphatic rings. The Morgan fingerprint density at radius 3 is 2.68 bits per heavy atom. The van der Waals surface area contributed by atoms with Gasteiger partial charge >= 0.3 is 0 Å². The Balaban J connectivity index is 1.52. The smallest absolute Gasteiger partial charge is 0.249 e. The maximum absolute atomic E-state index is 11.1. The highest BCUT2D eigenvalue weighted by atomic mass is 32.1. The van der Waals surface area contributed by atoms with Gasteiger partial charge < -0.3 is 5.73 Å². The van der Waals surface area contributed by atoms with Crippen molar-refractivity contribution >= 4 is 28.6 Å². The summed E-state index contributed by atoms with van der Waals surface area (Å²) in [4.78, 5) is 17.4. The number of nitrogens with zero attached hydrogens (tertiary/aromatic N) is 2. The van der Waals surface area contributed by atoms with Crippen LogP contribution < -0.4 is 5.73 Å². The molecule has 1 atom stereocenters. The van der Waals surface area contributed by atoms with Gasteiger partial charge in [-0.1, -0.05) is 0 Å². The molecule has 3 rings (SSSR count). The van der Waals surface area contributed by atoms with Crippen LogP contribution >= 0.6 is 22.7 Å². The Morgan fingerprint density at radius 1 is 1.32 bits per heavy atom. The van der Waals surface area contributed by atoms with Crippen LogP contribution in [0.1, 0.15) is 33.8 Å². The third kappa shape index (κ3) is 3.57. The first-order valence-electron chi connectivity index (χ1n) is 7.49. The molecule has 22 heavy (non-hydrogen) atoms. The minimum absolute atomic E-state index is 0.336. The molecule has 0 bridgehead atoms. The van der Waals surface area contributed by atoms with Gasteiger partial charge in [0.05, 0.1) is 5.56 Å². The molecular weight excluding hydrogens is 314 g/mol. The molecule has 1 saturated heterocycles. The number of rotatable bonds is 5. The van der Waals surface area contributed by atoms with Gasteiger partial charge in [-0.2, -0.15) is 11.3 Å². The third-order valence-electron chi connectivity index (χ3n) is 4.30. The fourth-order valence-corrected chi connectivity index (χ4v) is 4.51. The van der Waals surface area contributed by atoms with Crippen LogP contribution in [0.2, 0.25) is 0 Å². The molecule has 0 aliphatic carbocycles. The number of carbonyl (C=O) groups is 1. The maximum atomic E-state index is 11.1. The lowest BCUT2D eigenvalue weighted by molar-refractivity contribution is 0.0983. The summed E-state index contributed by atoms with van der Waals surface area (Å²) in [5.41, 5.74) is 7.36. The molecule has 2 aromatic heterocycles. The summed E-state index contributed by atoms with van der Waals surface area (Å²) in [6.45, 7) is 7.52. The highest BCUT2D eigenvalue weighted by molar-refractivity contribution is 7.10. The largest absolute Gasteiger partial charge is 0.366 e. The predicted octanol–water partition coefficient (Wildman–Crippen LogP) is 2.79. The summed E-state index contributed by atoms with van der Waals surface area (Å²) in [5, 5.41) is 6.25. The molecule has 2 N–H and O–H groups in total. The van der Waals surface area contributed by atoms with Crippen LogP contribution in [0, 0.1) is 0 Å². The maximum Gasteiger partial charge on any atom is 0.249 e. The summed E-state index contributed by atoms with van der Waals surface area (Å²) >= 11 is 3.39. The summed E-state index contributed by atoms with van der Waals surface area (Å²) < 4.78 is 0. The van der Waals surface area contributed by atoms with Gasteiger partial charge in [-0.05, 0) is 35.4 Å². The van der Waals surface area contributed by atoms with Crippen molar-refractivity contribution in [1.82, 2.24) is 9.80 Å². The van der Waals surface area contributed by atoms with E-state index in [0.717, 1.165) is 32.7 Å². The van der Waals surface area contributed by atoms with Crippen molar-refractivity contribution in [2.24, 2.45) is 5.73 Å². The molecule has 6 heteroatoms. The lowest BCUT2D eigenvalue weighted by atomic mass is 10.1. The number of hydrogen-bond acceptors (Lipinski definition) is 5. The van der Waals surface area contributed by atoms with Crippen molar-refractivity contribution in [3.05, 3.63) is 44.3 Å². The highest BCUT2D eigenvalue weighted by Crippen LogP contribution is 2.24. The van der Waals surface area contributed by atoms with E-state index in [-0.39, 0.29) is 5.91 Å². The number of carbonyl (C=O) groups excluding carboxylic acids is 1. The minimum Gasteiger partial charge on any atom is -0.366 e. The second-order valence-electron chi connectivity index (χ2n) is 5.71. The Kier molecular flexibility index (Phi) is 4.93. The van der Waals surface area contributed by atoms with Crippen molar-refractivity contribution in [2.75, 3.05) is 26.2 Å². The van der Waals surface area contributed by atoms with Crippen molar-refractivity contribution < 1.29 is 4.79 Å². The van der Waals surface area contributed by atoms with Crippen LogP contribution in [-0.2, 0) is 6.54 Å². The molecular formula is C16H21N3OS2. The standard InChI is InChI=1S/C16H21N3OS2/c1-12(13-2-7-21-10-13)19-5-3-18(4-6-19)9-15-8-14(11-22-15)16(17)20/h2,7-8,10-12H,3-6,9H2,1H3,(H2,17,20)/t12-/m0/s1. The monoisotopic (exact) mass is 335 g/mol. The van der Waals surface area contributed by atoms with E-state index < -0.39 is 0 Å². The predicted molar refractivity (Wildman–Crippen MR) is 92.4 cm³/mol. The van der Waals surface area contributed by atoms with Crippen LogP contribution in [0.3, 0.4) is 0 Å². The molecule has 1 aliphatic heterocycles. The van der Waals surface area contributed by atoms with E-state index in [1.54, 1.807) is 22.7 Å². The number of nitrogens with two attached hydrogens (primary N) is 1. The first kappa shape index (κ1) is 15.7. The minimum atomic E-state index is -0.336. The van der Waals surface area contributed by atoms with E-state index in [9.17, 15) is 4.79 Å². The van der Waals surface area contributed by atoms with Gasteiger partial charge in [0.2, 0.25) is 5.91 Å². The van der Waals surface area contributed by atoms with Gasteiger partial charge in [0.15, 0.2) is 0 Å². The summed E-state index contributed by atoms with van der Waals surface area (Å²) in [7, 11) is 0. The van der Waals surface area contributed by atoms with E-state index in [1.165, 1.54) is 10.4 Å². The number of amides is 1. The van der Waals surface area contributed by atoms with Crippen LogP contribution in [-0.4, -0.2) is 41.9 Å². The molecule has 0 saturated carbocycles. The van der Waals surface area contributed by atoms with Crippen LogP contribution in [0.4, 0.5) is 0 Å². The number of hydrogen-bond donors (Lipinski definition) is 1. The van der Waals surface area contributed by atoms with E-state index in [4.69, 9.17) is 5.73 Å². The van der Waals surface area contributed by atoms with Crippen LogP contribution in [0.5, 0.6) is 0 Å². The van der Waals surface area contributed by atoms with Gasteiger partial charge in [-0.3, -0.25) is 14.6 Å². The van der Waals surface area contributed by atoms with Gasteiger partial charge in [0.1, 0.15) is 0 Å². The molecule has 1 amide bonds. The van der Waals surface area contributed by atoms with Gasteiger partial charge in [0, 0.05) is 49.0 Å². The molecule has 4 nitrogen and oxygen atoms in total. The number of primary amides is 1. The number of piperazine rings is 1. The first-order chi connectivity index (χ1) is 10.6. The van der Waals surface area contributed by atoms with Crippen molar-refractivity contribution in [1.29, 1.82) is 0 Å². The molecule has 0 spiro atoms. The van der Waals surface area contributed by atoms with Crippen molar-refractivity contribution in [3.63, 3.8) is 0 Å².